The van der Waals surface area contributed by atoms with E-state index in [0.29, 0.717) is 28.4 Å². The SMILES string of the molecule is COc1ccc(-c2cc(-c3ccc(C(F)(F)F)cc3)n(-c3ccc(S(N)(=O)=O)cc3)n2)cc1. The third-order valence-electron chi connectivity index (χ3n) is 5.01. The van der Waals surface area contributed by atoms with Gasteiger partial charge in [0.15, 0.2) is 0 Å². The van der Waals surface area contributed by atoms with E-state index in [-0.39, 0.29) is 4.90 Å². The Morgan fingerprint density at radius 2 is 1.45 bits per heavy atom. The van der Waals surface area contributed by atoms with E-state index >= 15 is 0 Å². The minimum atomic E-state index is -4.45. The number of methoxy groups -OCH3 is 1. The van der Waals surface area contributed by atoms with Gasteiger partial charge in [0.05, 0.1) is 34.6 Å². The van der Waals surface area contributed by atoms with Crippen molar-refractivity contribution in [2.24, 2.45) is 5.14 Å². The van der Waals surface area contributed by atoms with Crippen LogP contribution in [0.25, 0.3) is 28.2 Å². The second-order valence-electron chi connectivity index (χ2n) is 7.17. The summed E-state index contributed by atoms with van der Waals surface area (Å²) in [4.78, 5) is -0.0649. The predicted molar refractivity (Wildman–Crippen MR) is 117 cm³/mol. The van der Waals surface area contributed by atoms with Crippen LogP contribution in [0.3, 0.4) is 0 Å². The molecule has 0 saturated carbocycles. The second-order valence-corrected chi connectivity index (χ2v) is 8.73. The van der Waals surface area contributed by atoms with E-state index in [9.17, 15) is 21.6 Å². The van der Waals surface area contributed by atoms with Crippen molar-refractivity contribution in [1.82, 2.24) is 9.78 Å². The predicted octanol–water partition coefficient (Wildman–Crippen LogP) is 4.88. The van der Waals surface area contributed by atoms with Gasteiger partial charge in [-0.05, 0) is 66.7 Å². The van der Waals surface area contributed by atoms with Gasteiger partial charge in [0.1, 0.15) is 5.75 Å². The molecule has 0 bridgehead atoms. The van der Waals surface area contributed by atoms with Gasteiger partial charge in [-0.3, -0.25) is 0 Å². The summed E-state index contributed by atoms with van der Waals surface area (Å²) in [7, 11) is -2.32. The maximum atomic E-state index is 13.0. The smallest absolute Gasteiger partial charge is 0.416 e. The van der Waals surface area contributed by atoms with E-state index in [4.69, 9.17) is 9.88 Å². The monoisotopic (exact) mass is 473 g/mol. The van der Waals surface area contributed by atoms with Crippen LogP contribution in [-0.2, 0) is 16.2 Å². The molecule has 0 atom stereocenters. The molecule has 33 heavy (non-hydrogen) atoms. The normalized spacial score (nSPS) is 12.0. The largest absolute Gasteiger partial charge is 0.497 e. The van der Waals surface area contributed by atoms with Crippen LogP contribution in [-0.4, -0.2) is 25.3 Å². The van der Waals surface area contributed by atoms with Crippen molar-refractivity contribution in [3.8, 4) is 34.0 Å². The molecule has 0 fully saturated rings. The van der Waals surface area contributed by atoms with Crippen molar-refractivity contribution in [2.75, 3.05) is 7.11 Å². The van der Waals surface area contributed by atoms with Gasteiger partial charge < -0.3 is 4.74 Å². The summed E-state index contributed by atoms with van der Waals surface area (Å²) >= 11 is 0. The lowest BCUT2D eigenvalue weighted by molar-refractivity contribution is -0.137. The summed E-state index contributed by atoms with van der Waals surface area (Å²) in [5, 5.41) is 9.79. The summed E-state index contributed by atoms with van der Waals surface area (Å²) in [6, 6.07) is 19.4. The topological polar surface area (TPSA) is 87.2 Å². The zero-order chi connectivity index (χ0) is 23.8. The van der Waals surface area contributed by atoms with Crippen LogP contribution in [0.2, 0.25) is 0 Å². The molecule has 0 aliphatic carbocycles. The Hall–Kier alpha value is -3.63. The van der Waals surface area contributed by atoms with Crippen molar-refractivity contribution < 1.29 is 26.3 Å². The number of nitrogens with zero attached hydrogens (tertiary/aromatic N) is 2. The van der Waals surface area contributed by atoms with Gasteiger partial charge >= 0.3 is 6.18 Å². The van der Waals surface area contributed by atoms with Gasteiger partial charge in [-0.15, -0.1) is 0 Å². The number of sulfonamides is 1. The molecular weight excluding hydrogens is 455 g/mol. The molecule has 3 aromatic carbocycles. The summed E-state index contributed by atoms with van der Waals surface area (Å²) in [5.41, 5.74) is 2.12. The summed E-state index contributed by atoms with van der Waals surface area (Å²) in [6.45, 7) is 0. The third-order valence-corrected chi connectivity index (χ3v) is 5.94. The van der Waals surface area contributed by atoms with Gasteiger partial charge in [-0.25, -0.2) is 18.2 Å². The van der Waals surface area contributed by atoms with Crippen LogP contribution < -0.4 is 9.88 Å². The molecule has 1 heterocycles. The molecule has 0 saturated heterocycles. The Morgan fingerprint density at radius 1 is 0.879 bits per heavy atom. The Balaban J connectivity index is 1.83. The molecule has 0 aliphatic heterocycles. The first-order chi connectivity index (χ1) is 15.6. The highest BCUT2D eigenvalue weighted by Gasteiger charge is 2.30. The fourth-order valence-electron chi connectivity index (χ4n) is 3.29. The average molecular weight is 473 g/mol. The minimum absolute atomic E-state index is 0.0649. The lowest BCUT2D eigenvalue weighted by Crippen LogP contribution is -2.12. The first-order valence-electron chi connectivity index (χ1n) is 9.61. The van der Waals surface area contributed by atoms with Crippen molar-refractivity contribution in [3.63, 3.8) is 0 Å². The summed E-state index contributed by atoms with van der Waals surface area (Å²) in [5.74, 6) is 0.666. The Bertz CT molecular complexity index is 1380. The number of hydrogen-bond donors (Lipinski definition) is 1. The number of benzene rings is 3. The number of aromatic nitrogens is 2. The molecule has 0 radical (unpaired) electrons. The number of rotatable bonds is 5. The molecule has 4 rings (SSSR count). The highest BCUT2D eigenvalue weighted by atomic mass is 32.2. The lowest BCUT2D eigenvalue weighted by Gasteiger charge is -2.10. The van der Waals surface area contributed by atoms with Crippen LogP contribution in [0, 0.1) is 0 Å². The molecule has 6 nitrogen and oxygen atoms in total. The first kappa shape index (κ1) is 22.6. The third kappa shape index (κ3) is 4.76. The van der Waals surface area contributed by atoms with E-state index < -0.39 is 21.8 Å². The van der Waals surface area contributed by atoms with Crippen LogP contribution in [0.15, 0.2) is 83.8 Å². The molecule has 170 valence electrons. The van der Waals surface area contributed by atoms with Crippen molar-refractivity contribution in [1.29, 1.82) is 0 Å². The second kappa shape index (κ2) is 8.38. The number of hydrogen-bond acceptors (Lipinski definition) is 4. The standard InChI is InChI=1S/C23H18F3N3O3S/c1-32-19-10-4-15(5-11-19)21-14-22(16-2-6-17(7-3-16)23(24,25)26)29(28-21)18-8-12-20(13-9-18)33(27,30)31/h2-14H,1H3,(H2,27,30,31). The molecule has 1 aromatic heterocycles. The van der Waals surface area contributed by atoms with Gasteiger partial charge in [0, 0.05) is 11.1 Å². The van der Waals surface area contributed by atoms with Gasteiger partial charge in [-0.2, -0.15) is 18.3 Å². The summed E-state index contributed by atoms with van der Waals surface area (Å²) in [6.07, 6.45) is -4.45. The number of nitrogens with two attached hydrogens (primary N) is 1. The molecule has 0 aliphatic rings. The van der Waals surface area contributed by atoms with Gasteiger partial charge in [0.25, 0.3) is 0 Å². The Labute approximate surface area is 188 Å². The quantitative estimate of drug-likeness (QED) is 0.448. The van der Waals surface area contributed by atoms with E-state index in [1.54, 1.807) is 25.3 Å². The van der Waals surface area contributed by atoms with Gasteiger partial charge in [0.2, 0.25) is 10.0 Å². The maximum absolute atomic E-state index is 13.0. The molecule has 4 aromatic rings. The van der Waals surface area contributed by atoms with Crippen molar-refractivity contribution in [2.45, 2.75) is 11.1 Å². The Morgan fingerprint density at radius 3 is 1.97 bits per heavy atom. The molecule has 10 heteroatoms. The first-order valence-corrected chi connectivity index (χ1v) is 11.2. The fourth-order valence-corrected chi connectivity index (χ4v) is 3.81. The summed E-state index contributed by atoms with van der Waals surface area (Å²) < 4.78 is 68.9. The van der Waals surface area contributed by atoms with E-state index in [1.807, 2.05) is 12.1 Å². The zero-order valence-corrected chi connectivity index (χ0v) is 18.1. The molecule has 0 amide bonds. The highest BCUT2D eigenvalue weighted by molar-refractivity contribution is 7.89. The van der Waals surface area contributed by atoms with E-state index in [2.05, 4.69) is 5.10 Å². The highest BCUT2D eigenvalue weighted by Crippen LogP contribution is 2.33. The van der Waals surface area contributed by atoms with Crippen LogP contribution in [0.5, 0.6) is 5.75 Å². The van der Waals surface area contributed by atoms with Crippen molar-refractivity contribution in [3.05, 3.63) is 84.4 Å². The molecular formula is C23H18F3N3O3S. The maximum Gasteiger partial charge on any atom is 0.416 e. The van der Waals surface area contributed by atoms with Crippen LogP contribution in [0.4, 0.5) is 13.2 Å². The van der Waals surface area contributed by atoms with Gasteiger partial charge in [-0.1, -0.05) is 12.1 Å². The molecule has 2 N–H and O–H groups in total. The van der Waals surface area contributed by atoms with E-state index in [1.165, 1.54) is 41.1 Å². The number of primary sulfonamides is 1. The number of ether oxygens (including phenoxy) is 1. The number of alkyl halides is 3. The fraction of sp³-hybridized carbons (Fsp3) is 0.0870. The van der Waals surface area contributed by atoms with Crippen LogP contribution >= 0.6 is 0 Å². The lowest BCUT2D eigenvalue weighted by atomic mass is 10.1. The minimum Gasteiger partial charge on any atom is -0.497 e. The van der Waals surface area contributed by atoms with Crippen molar-refractivity contribution >= 4 is 10.0 Å². The van der Waals surface area contributed by atoms with E-state index in [0.717, 1.165) is 17.7 Å². The number of halogens is 3. The molecule has 0 spiro atoms. The average Bonchev–Trinajstić information content (AvgIpc) is 3.24. The van der Waals surface area contributed by atoms with Crippen LogP contribution in [0.1, 0.15) is 5.56 Å². The zero-order valence-electron chi connectivity index (χ0n) is 17.2. The Kier molecular flexibility index (Phi) is 5.73. The molecule has 0 unspecified atom stereocenters.